The maximum absolute atomic E-state index is 13.1. The van der Waals surface area contributed by atoms with Crippen LogP contribution in [0, 0.1) is 5.92 Å². The van der Waals surface area contributed by atoms with Gasteiger partial charge in [-0.25, -0.2) is 0 Å². The Balaban J connectivity index is 1.77. The van der Waals surface area contributed by atoms with E-state index in [9.17, 15) is 34.8 Å². The summed E-state index contributed by atoms with van der Waals surface area (Å²) in [5, 5.41) is 0. The Hall–Kier alpha value is -2.15. The minimum Gasteiger partial charge on any atom is -0.352 e. The van der Waals surface area contributed by atoms with Gasteiger partial charge in [0.2, 0.25) is 0 Å². The summed E-state index contributed by atoms with van der Waals surface area (Å²) in [7, 11) is -3.70. The second-order valence-corrected chi connectivity index (χ2v) is 9.89. The van der Waals surface area contributed by atoms with Crippen molar-refractivity contribution >= 4 is 10.1 Å². The van der Waals surface area contributed by atoms with Crippen LogP contribution in [0.4, 0.5) is 26.3 Å². The summed E-state index contributed by atoms with van der Waals surface area (Å²) in [4.78, 5) is 0. The van der Waals surface area contributed by atoms with E-state index >= 15 is 0 Å². The zero-order valence-corrected chi connectivity index (χ0v) is 19.4. The van der Waals surface area contributed by atoms with Crippen LogP contribution < -0.4 is 0 Å². The molecule has 2 aromatic rings. The van der Waals surface area contributed by atoms with Gasteiger partial charge in [-0.2, -0.15) is 34.8 Å². The van der Waals surface area contributed by atoms with Gasteiger partial charge < -0.3 is 9.47 Å². The van der Waals surface area contributed by atoms with E-state index in [2.05, 4.69) is 0 Å². The molecule has 0 aromatic heterocycles. The van der Waals surface area contributed by atoms with Crippen LogP contribution in [-0.4, -0.2) is 40.8 Å². The lowest BCUT2D eigenvalue weighted by Gasteiger charge is -2.38. The van der Waals surface area contributed by atoms with Crippen LogP contribution in [0.2, 0.25) is 0 Å². The van der Waals surface area contributed by atoms with E-state index in [0.717, 1.165) is 11.8 Å². The molecule has 2 aromatic carbocycles. The van der Waals surface area contributed by atoms with Gasteiger partial charge in [0.05, 0.1) is 37.2 Å². The average molecular weight is 526 g/mol. The Kier molecular flexibility index (Phi) is 8.51. The summed E-state index contributed by atoms with van der Waals surface area (Å²) in [6.07, 6.45) is -9.59. The third kappa shape index (κ3) is 7.92. The molecule has 3 rings (SSSR count). The monoisotopic (exact) mass is 526 g/mol. The molecule has 3 atom stereocenters. The standard InChI is InChI=1S/C23H24F6O5S/c1-35(30,31)34-14-17-8-10-33-21(20(17)16-5-3-2-4-6-16)32-9-7-15-11-18(22(24,25)26)13-19(12-15)23(27,28)29/h2-6,11-13,17,20-21H,7-10,14H2,1H3/t17-,20-,21+/m1/s1. The van der Waals surface area contributed by atoms with Crippen molar-refractivity contribution in [3.63, 3.8) is 0 Å². The first-order chi connectivity index (χ1) is 16.2. The zero-order chi connectivity index (χ0) is 25.9. The lowest BCUT2D eigenvalue weighted by atomic mass is 9.82. The van der Waals surface area contributed by atoms with Gasteiger partial charge in [0.25, 0.3) is 10.1 Å². The van der Waals surface area contributed by atoms with Crippen molar-refractivity contribution in [2.75, 3.05) is 26.1 Å². The predicted molar refractivity (Wildman–Crippen MR) is 114 cm³/mol. The summed E-state index contributed by atoms with van der Waals surface area (Å²) in [5.41, 5.74) is -2.19. The summed E-state index contributed by atoms with van der Waals surface area (Å²) in [6, 6.07) is 10.3. The first-order valence-electron chi connectivity index (χ1n) is 10.6. The van der Waals surface area contributed by atoms with Crippen LogP contribution in [0.15, 0.2) is 48.5 Å². The fourth-order valence-corrected chi connectivity index (χ4v) is 4.37. The Labute approximate surface area is 199 Å². The molecule has 0 N–H and O–H groups in total. The summed E-state index contributed by atoms with van der Waals surface area (Å²) < 4.78 is 118. The van der Waals surface area contributed by atoms with Crippen LogP contribution in [0.3, 0.4) is 0 Å². The zero-order valence-electron chi connectivity index (χ0n) is 18.6. The lowest BCUT2D eigenvalue weighted by Crippen LogP contribution is -2.39. The highest BCUT2D eigenvalue weighted by atomic mass is 32.2. The molecular weight excluding hydrogens is 502 g/mol. The minimum absolute atomic E-state index is 0.0758. The number of hydrogen-bond acceptors (Lipinski definition) is 5. The quantitative estimate of drug-likeness (QED) is 0.340. The second kappa shape index (κ2) is 10.9. The summed E-state index contributed by atoms with van der Waals surface area (Å²) in [6.45, 7) is -0.121. The molecule has 35 heavy (non-hydrogen) atoms. The topological polar surface area (TPSA) is 61.8 Å². The highest BCUT2D eigenvalue weighted by Gasteiger charge is 2.38. The van der Waals surface area contributed by atoms with Crippen molar-refractivity contribution in [1.82, 2.24) is 0 Å². The molecule has 1 heterocycles. The van der Waals surface area contributed by atoms with Gasteiger partial charge in [-0.3, -0.25) is 4.18 Å². The molecular formula is C23H24F6O5S. The molecule has 1 aliphatic heterocycles. The van der Waals surface area contributed by atoms with Crippen LogP contribution in [0.25, 0.3) is 0 Å². The number of ether oxygens (including phenoxy) is 2. The number of benzene rings is 2. The van der Waals surface area contributed by atoms with E-state index in [1.807, 2.05) is 0 Å². The number of rotatable bonds is 8. The van der Waals surface area contributed by atoms with Crippen LogP contribution in [-0.2, 0) is 42.5 Å². The van der Waals surface area contributed by atoms with Crippen molar-refractivity contribution in [3.05, 3.63) is 70.8 Å². The molecule has 1 saturated heterocycles. The maximum Gasteiger partial charge on any atom is 0.416 e. The van der Waals surface area contributed by atoms with Gasteiger partial charge in [0.1, 0.15) is 0 Å². The Morgan fingerprint density at radius 1 is 0.971 bits per heavy atom. The summed E-state index contributed by atoms with van der Waals surface area (Å²) in [5.74, 6) is -0.768. The normalized spacial score (nSPS) is 21.7. The van der Waals surface area contributed by atoms with Crippen LogP contribution in [0.1, 0.15) is 34.6 Å². The molecule has 12 heteroatoms. The highest BCUT2D eigenvalue weighted by Crippen LogP contribution is 2.38. The highest BCUT2D eigenvalue weighted by molar-refractivity contribution is 7.85. The Morgan fingerprint density at radius 2 is 1.57 bits per heavy atom. The van der Waals surface area contributed by atoms with E-state index in [1.54, 1.807) is 30.3 Å². The van der Waals surface area contributed by atoms with E-state index in [4.69, 9.17) is 13.7 Å². The van der Waals surface area contributed by atoms with Gasteiger partial charge in [0.15, 0.2) is 6.29 Å². The van der Waals surface area contributed by atoms with Crippen LogP contribution in [0.5, 0.6) is 0 Å². The van der Waals surface area contributed by atoms with Gasteiger partial charge in [-0.05, 0) is 48.1 Å². The van der Waals surface area contributed by atoms with Gasteiger partial charge in [-0.15, -0.1) is 0 Å². The molecule has 0 bridgehead atoms. The average Bonchev–Trinajstić information content (AvgIpc) is 2.76. The third-order valence-electron chi connectivity index (χ3n) is 5.57. The third-order valence-corrected chi connectivity index (χ3v) is 6.14. The molecule has 0 unspecified atom stereocenters. The first-order valence-corrected chi connectivity index (χ1v) is 12.5. The fraction of sp³-hybridized carbons (Fsp3) is 0.478. The molecule has 1 aliphatic rings. The Bertz CT molecular complexity index is 1050. The van der Waals surface area contributed by atoms with Gasteiger partial charge >= 0.3 is 12.4 Å². The van der Waals surface area contributed by atoms with E-state index < -0.39 is 45.8 Å². The summed E-state index contributed by atoms with van der Waals surface area (Å²) >= 11 is 0. The van der Waals surface area contributed by atoms with E-state index in [0.29, 0.717) is 18.6 Å². The molecule has 0 saturated carbocycles. The number of hydrogen-bond donors (Lipinski definition) is 0. The Morgan fingerprint density at radius 3 is 2.11 bits per heavy atom. The number of halogens is 6. The van der Waals surface area contributed by atoms with Crippen LogP contribution >= 0.6 is 0 Å². The first kappa shape index (κ1) is 27.4. The molecule has 5 nitrogen and oxygen atoms in total. The lowest BCUT2D eigenvalue weighted by molar-refractivity contribution is -0.189. The molecule has 0 amide bonds. The van der Waals surface area contributed by atoms with Gasteiger partial charge in [0, 0.05) is 5.92 Å². The minimum atomic E-state index is -4.94. The molecule has 0 radical (unpaired) electrons. The fourth-order valence-electron chi connectivity index (χ4n) is 3.95. The van der Waals surface area contributed by atoms with E-state index in [-0.39, 0.29) is 43.8 Å². The second-order valence-electron chi connectivity index (χ2n) is 8.25. The van der Waals surface area contributed by atoms with Crippen molar-refractivity contribution in [2.24, 2.45) is 5.92 Å². The maximum atomic E-state index is 13.1. The van der Waals surface area contributed by atoms with Crippen molar-refractivity contribution in [3.8, 4) is 0 Å². The predicted octanol–water partition coefficient (Wildman–Crippen LogP) is 5.41. The molecule has 0 aliphatic carbocycles. The van der Waals surface area contributed by atoms with Crippen molar-refractivity contribution in [2.45, 2.75) is 37.4 Å². The molecule has 194 valence electrons. The van der Waals surface area contributed by atoms with Gasteiger partial charge in [-0.1, -0.05) is 30.3 Å². The smallest absolute Gasteiger partial charge is 0.352 e. The number of alkyl halides is 6. The van der Waals surface area contributed by atoms with Crippen molar-refractivity contribution < 1.29 is 48.4 Å². The van der Waals surface area contributed by atoms with E-state index in [1.165, 1.54) is 0 Å². The van der Waals surface area contributed by atoms with Crippen molar-refractivity contribution in [1.29, 1.82) is 0 Å². The largest absolute Gasteiger partial charge is 0.416 e. The molecule has 0 spiro atoms. The molecule has 1 fully saturated rings. The SMILES string of the molecule is CS(=O)(=O)OC[C@H]1CCO[C@H](OCCc2cc(C(F)(F)F)cc(C(F)(F)F)c2)[C@@H]1c1ccccc1.